The maximum atomic E-state index is 12.8. The molecule has 0 heterocycles. The van der Waals surface area contributed by atoms with Gasteiger partial charge in [-0.25, -0.2) is 4.79 Å². The number of hydrogen-bond donors (Lipinski definition) is 1. The molecule has 0 fully saturated rings. The van der Waals surface area contributed by atoms with Crippen molar-refractivity contribution in [2.75, 3.05) is 13.2 Å². The maximum Gasteiger partial charge on any atom is 0.345 e. The monoisotopic (exact) mass is 420 g/mol. The number of carbonyl (C=O) groups excluding carboxylic acids is 1. The minimum atomic E-state index is -0.657. The summed E-state index contributed by atoms with van der Waals surface area (Å²) < 4.78 is 16.9. The van der Waals surface area contributed by atoms with Crippen LogP contribution in [0.15, 0.2) is 42.5 Å². The second-order valence-corrected chi connectivity index (χ2v) is 6.60. The van der Waals surface area contributed by atoms with Crippen LogP contribution in [-0.4, -0.2) is 24.3 Å². The first-order valence-electron chi connectivity index (χ1n) is 8.68. The Morgan fingerprint density at radius 2 is 1.61 bits per heavy atom. The number of esters is 1. The summed E-state index contributed by atoms with van der Waals surface area (Å²) in [5.74, 6) is -0.450. The summed E-state index contributed by atoms with van der Waals surface area (Å²) in [6.45, 7) is 4.10. The van der Waals surface area contributed by atoms with Gasteiger partial charge in [-0.15, -0.1) is 0 Å². The van der Waals surface area contributed by atoms with E-state index in [4.69, 9.17) is 37.4 Å². The average molecular weight is 421 g/mol. The standard InChI is InChI=1S/C21H18Cl2O5/c1-3-26-19-17(24)15-11-12(22)9-10-13(15)18(20(19)27-4-2)28-21(25)14-7-5-6-8-16(14)23/h5-11,24H,3-4H2,1-2H3. The molecule has 0 saturated carbocycles. The highest BCUT2D eigenvalue weighted by Crippen LogP contribution is 2.51. The Hall–Kier alpha value is -2.63. The van der Waals surface area contributed by atoms with Gasteiger partial charge in [0.25, 0.3) is 0 Å². The molecule has 0 bridgehead atoms. The molecular formula is C21H18Cl2O5. The van der Waals surface area contributed by atoms with Crippen molar-refractivity contribution >= 4 is 39.9 Å². The third kappa shape index (κ3) is 3.81. The molecule has 3 rings (SSSR count). The van der Waals surface area contributed by atoms with Crippen molar-refractivity contribution in [1.82, 2.24) is 0 Å². The van der Waals surface area contributed by atoms with Crippen LogP contribution in [-0.2, 0) is 0 Å². The molecule has 0 aliphatic carbocycles. The molecule has 3 aromatic carbocycles. The van der Waals surface area contributed by atoms with Crippen LogP contribution in [0.3, 0.4) is 0 Å². The third-order valence-electron chi connectivity index (χ3n) is 3.97. The van der Waals surface area contributed by atoms with Crippen LogP contribution in [0.25, 0.3) is 10.8 Å². The van der Waals surface area contributed by atoms with Crippen molar-refractivity contribution in [3.05, 3.63) is 58.1 Å². The highest BCUT2D eigenvalue weighted by molar-refractivity contribution is 6.33. The van der Waals surface area contributed by atoms with Crippen molar-refractivity contribution < 1.29 is 24.1 Å². The van der Waals surface area contributed by atoms with Gasteiger partial charge in [0.05, 0.1) is 23.8 Å². The van der Waals surface area contributed by atoms with E-state index < -0.39 is 5.97 Å². The van der Waals surface area contributed by atoms with Gasteiger partial charge in [0.15, 0.2) is 11.5 Å². The Morgan fingerprint density at radius 1 is 0.929 bits per heavy atom. The topological polar surface area (TPSA) is 65.0 Å². The number of phenols is 1. The predicted molar refractivity (Wildman–Crippen MR) is 109 cm³/mol. The van der Waals surface area contributed by atoms with Crippen molar-refractivity contribution in [1.29, 1.82) is 0 Å². The molecule has 0 aliphatic rings. The molecule has 0 spiro atoms. The van der Waals surface area contributed by atoms with E-state index in [9.17, 15) is 9.90 Å². The number of halogens is 2. The lowest BCUT2D eigenvalue weighted by molar-refractivity contribution is 0.0730. The number of rotatable bonds is 6. The third-order valence-corrected chi connectivity index (χ3v) is 4.54. The number of phenolic OH excluding ortho intramolecular Hbond substituents is 1. The fourth-order valence-electron chi connectivity index (χ4n) is 2.80. The first-order valence-corrected chi connectivity index (χ1v) is 9.44. The Labute approximate surface area is 172 Å². The van der Waals surface area contributed by atoms with E-state index in [0.29, 0.717) is 15.8 Å². The number of hydrogen-bond acceptors (Lipinski definition) is 5. The first kappa shape index (κ1) is 20.1. The first-order chi connectivity index (χ1) is 13.5. The van der Waals surface area contributed by atoms with E-state index in [0.717, 1.165) is 0 Å². The van der Waals surface area contributed by atoms with Gasteiger partial charge >= 0.3 is 5.97 Å². The maximum absolute atomic E-state index is 12.8. The molecule has 1 N–H and O–H groups in total. The minimum absolute atomic E-state index is 0.0843. The Kier molecular flexibility index (Phi) is 6.17. The Bertz CT molecular complexity index is 1030. The molecule has 0 aromatic heterocycles. The van der Waals surface area contributed by atoms with E-state index in [2.05, 4.69) is 0 Å². The molecule has 0 atom stereocenters. The molecule has 146 valence electrons. The zero-order valence-corrected chi connectivity index (χ0v) is 16.8. The van der Waals surface area contributed by atoms with Crippen LogP contribution in [0.1, 0.15) is 24.2 Å². The van der Waals surface area contributed by atoms with Crippen LogP contribution in [0.2, 0.25) is 10.0 Å². The Balaban J connectivity index is 2.23. The van der Waals surface area contributed by atoms with Crippen LogP contribution < -0.4 is 14.2 Å². The van der Waals surface area contributed by atoms with Crippen molar-refractivity contribution in [2.45, 2.75) is 13.8 Å². The molecule has 3 aromatic rings. The fraction of sp³-hybridized carbons (Fsp3) is 0.190. The smallest absolute Gasteiger partial charge is 0.345 e. The predicted octanol–water partition coefficient (Wildman–Crippen LogP) is 5.87. The van der Waals surface area contributed by atoms with E-state index in [1.54, 1.807) is 56.3 Å². The Morgan fingerprint density at radius 3 is 2.29 bits per heavy atom. The second kappa shape index (κ2) is 8.59. The van der Waals surface area contributed by atoms with Crippen molar-refractivity contribution in [3.8, 4) is 23.0 Å². The van der Waals surface area contributed by atoms with Gasteiger partial charge < -0.3 is 19.3 Å². The molecule has 0 radical (unpaired) electrons. The number of aromatic hydroxyl groups is 1. The van der Waals surface area contributed by atoms with Gasteiger partial charge in [0, 0.05) is 15.8 Å². The lowest BCUT2D eigenvalue weighted by Crippen LogP contribution is -2.11. The molecule has 7 heteroatoms. The summed E-state index contributed by atoms with van der Waals surface area (Å²) >= 11 is 12.2. The highest BCUT2D eigenvalue weighted by atomic mass is 35.5. The molecule has 0 amide bonds. The van der Waals surface area contributed by atoms with Crippen LogP contribution >= 0.6 is 23.2 Å². The lowest BCUT2D eigenvalue weighted by atomic mass is 10.1. The van der Waals surface area contributed by atoms with Crippen molar-refractivity contribution in [2.24, 2.45) is 0 Å². The summed E-state index contributed by atoms with van der Waals surface area (Å²) in [4.78, 5) is 12.8. The highest BCUT2D eigenvalue weighted by Gasteiger charge is 2.26. The van der Waals surface area contributed by atoms with Gasteiger partial charge in [0.1, 0.15) is 0 Å². The average Bonchev–Trinajstić information content (AvgIpc) is 2.68. The van der Waals surface area contributed by atoms with Gasteiger partial charge in [0.2, 0.25) is 11.5 Å². The van der Waals surface area contributed by atoms with E-state index >= 15 is 0 Å². The summed E-state index contributed by atoms with van der Waals surface area (Å²) in [5, 5.41) is 12.2. The van der Waals surface area contributed by atoms with E-state index in [-0.39, 0.29) is 46.8 Å². The summed E-state index contributed by atoms with van der Waals surface area (Å²) in [6, 6.07) is 11.4. The van der Waals surface area contributed by atoms with Crippen LogP contribution in [0.5, 0.6) is 23.0 Å². The molecule has 28 heavy (non-hydrogen) atoms. The number of fused-ring (bicyclic) bond motifs is 1. The van der Waals surface area contributed by atoms with Gasteiger partial charge in [-0.05, 0) is 44.2 Å². The van der Waals surface area contributed by atoms with E-state index in [1.165, 1.54) is 0 Å². The summed E-state index contributed by atoms with van der Waals surface area (Å²) in [5.41, 5.74) is 0.208. The fourth-order valence-corrected chi connectivity index (χ4v) is 3.18. The van der Waals surface area contributed by atoms with Gasteiger partial charge in [-0.3, -0.25) is 0 Å². The zero-order chi connectivity index (χ0) is 20.3. The van der Waals surface area contributed by atoms with Crippen molar-refractivity contribution in [3.63, 3.8) is 0 Å². The van der Waals surface area contributed by atoms with E-state index in [1.807, 2.05) is 0 Å². The molecule has 0 saturated heterocycles. The normalized spacial score (nSPS) is 10.7. The summed E-state index contributed by atoms with van der Waals surface area (Å²) in [6.07, 6.45) is 0. The lowest BCUT2D eigenvalue weighted by Gasteiger charge is -2.19. The molecular weight excluding hydrogens is 403 g/mol. The zero-order valence-electron chi connectivity index (χ0n) is 15.3. The molecule has 0 unspecified atom stereocenters. The number of ether oxygens (including phenoxy) is 3. The van der Waals surface area contributed by atoms with Gasteiger partial charge in [-0.1, -0.05) is 35.3 Å². The minimum Gasteiger partial charge on any atom is -0.504 e. The quantitative estimate of drug-likeness (QED) is 0.399. The summed E-state index contributed by atoms with van der Waals surface area (Å²) in [7, 11) is 0. The SMILES string of the molecule is CCOc1c(OCC)c(OC(=O)c2ccccc2Cl)c2ccc(Cl)cc2c1O. The number of carbonyl (C=O) groups is 1. The molecule has 0 aliphatic heterocycles. The van der Waals surface area contributed by atoms with Gasteiger partial charge in [-0.2, -0.15) is 0 Å². The largest absolute Gasteiger partial charge is 0.504 e. The van der Waals surface area contributed by atoms with Crippen LogP contribution in [0, 0.1) is 0 Å². The second-order valence-electron chi connectivity index (χ2n) is 5.76. The molecule has 5 nitrogen and oxygen atoms in total. The van der Waals surface area contributed by atoms with Crippen LogP contribution in [0.4, 0.5) is 0 Å². The number of benzene rings is 3.